The van der Waals surface area contributed by atoms with E-state index in [0.29, 0.717) is 25.7 Å². The molecule has 92 valence electrons. The molecule has 2 rings (SSSR count). The molecule has 0 bridgehead atoms. The topological polar surface area (TPSA) is 47.6 Å². The Bertz CT molecular complexity index is 248. The number of carbonyl (C=O) groups excluding carboxylic acids is 1. The number of amides is 1. The summed E-state index contributed by atoms with van der Waals surface area (Å²) in [5, 5.41) is 3.05. The molecule has 0 aromatic rings. The standard InChI is InChI=1S/C11H18ClNO3/c12-8-11(3-6-15-7-4-11)13-10(14)9-2-1-5-16-9/h9H,1-8H2,(H,13,14). The SMILES string of the molecule is O=C(NC1(CCl)CCOCC1)C1CCCO1. The summed E-state index contributed by atoms with van der Waals surface area (Å²) in [4.78, 5) is 11.9. The van der Waals surface area contributed by atoms with Crippen molar-refractivity contribution in [1.29, 1.82) is 0 Å². The number of hydrogen-bond donors (Lipinski definition) is 1. The third-order valence-electron chi connectivity index (χ3n) is 3.32. The second-order valence-corrected chi connectivity index (χ2v) is 4.78. The average molecular weight is 248 g/mol. The monoisotopic (exact) mass is 247 g/mol. The van der Waals surface area contributed by atoms with Crippen molar-refractivity contribution in [2.75, 3.05) is 25.7 Å². The Labute approximate surface area is 101 Å². The van der Waals surface area contributed by atoms with Crippen LogP contribution in [0.4, 0.5) is 0 Å². The minimum atomic E-state index is -0.289. The summed E-state index contributed by atoms with van der Waals surface area (Å²) in [5.41, 5.74) is -0.289. The molecule has 0 radical (unpaired) electrons. The minimum absolute atomic E-state index is 0.0138. The lowest BCUT2D eigenvalue weighted by Gasteiger charge is -2.36. The molecule has 0 aromatic carbocycles. The third kappa shape index (κ3) is 2.67. The highest BCUT2D eigenvalue weighted by Gasteiger charge is 2.36. The fourth-order valence-corrected chi connectivity index (χ4v) is 2.51. The van der Waals surface area contributed by atoms with Crippen molar-refractivity contribution in [3.63, 3.8) is 0 Å². The molecule has 0 aromatic heterocycles. The summed E-state index contributed by atoms with van der Waals surface area (Å²) in [6, 6.07) is 0. The predicted molar refractivity (Wildman–Crippen MR) is 60.6 cm³/mol. The van der Waals surface area contributed by atoms with Crippen molar-refractivity contribution >= 4 is 17.5 Å². The molecule has 0 aliphatic carbocycles. The second-order valence-electron chi connectivity index (χ2n) is 4.52. The molecule has 2 aliphatic rings. The summed E-state index contributed by atoms with van der Waals surface area (Å²) in [6.45, 7) is 2.02. The molecule has 2 heterocycles. The van der Waals surface area contributed by atoms with Gasteiger partial charge in [0.05, 0.1) is 5.54 Å². The van der Waals surface area contributed by atoms with Crippen LogP contribution in [-0.2, 0) is 14.3 Å². The molecule has 2 aliphatic heterocycles. The van der Waals surface area contributed by atoms with E-state index in [2.05, 4.69) is 5.32 Å². The van der Waals surface area contributed by atoms with E-state index in [-0.39, 0.29) is 17.6 Å². The second kappa shape index (κ2) is 5.34. The van der Waals surface area contributed by atoms with Gasteiger partial charge >= 0.3 is 0 Å². The van der Waals surface area contributed by atoms with Crippen LogP contribution in [0.25, 0.3) is 0 Å². The van der Waals surface area contributed by atoms with E-state index in [9.17, 15) is 4.79 Å². The van der Waals surface area contributed by atoms with Crippen LogP contribution in [0.5, 0.6) is 0 Å². The number of carbonyl (C=O) groups is 1. The fraction of sp³-hybridized carbons (Fsp3) is 0.909. The first-order valence-electron chi connectivity index (χ1n) is 5.83. The van der Waals surface area contributed by atoms with Gasteiger partial charge in [0.1, 0.15) is 6.10 Å². The Morgan fingerprint density at radius 2 is 2.12 bits per heavy atom. The summed E-state index contributed by atoms with van der Waals surface area (Å²) in [7, 11) is 0. The molecule has 1 atom stereocenters. The van der Waals surface area contributed by atoms with Crippen molar-refractivity contribution in [3.05, 3.63) is 0 Å². The first kappa shape index (κ1) is 12.1. The Balaban J connectivity index is 1.91. The molecule has 0 spiro atoms. The lowest BCUT2D eigenvalue weighted by molar-refractivity contribution is -0.133. The zero-order valence-corrected chi connectivity index (χ0v) is 10.1. The first-order valence-corrected chi connectivity index (χ1v) is 6.37. The molecule has 1 amide bonds. The number of halogens is 1. The molecule has 0 saturated carbocycles. The van der Waals surface area contributed by atoms with Gasteiger partial charge in [-0.05, 0) is 25.7 Å². The largest absolute Gasteiger partial charge is 0.381 e. The normalized spacial score (nSPS) is 28.9. The van der Waals surface area contributed by atoms with E-state index in [1.165, 1.54) is 0 Å². The quantitative estimate of drug-likeness (QED) is 0.759. The van der Waals surface area contributed by atoms with Crippen molar-refractivity contribution in [1.82, 2.24) is 5.32 Å². The number of hydrogen-bond acceptors (Lipinski definition) is 3. The molecule has 1 unspecified atom stereocenters. The van der Waals surface area contributed by atoms with Crippen LogP contribution in [0.1, 0.15) is 25.7 Å². The van der Waals surface area contributed by atoms with Crippen molar-refractivity contribution in [3.8, 4) is 0 Å². The molecular formula is C11H18ClNO3. The van der Waals surface area contributed by atoms with E-state index >= 15 is 0 Å². The lowest BCUT2D eigenvalue weighted by atomic mass is 9.92. The van der Waals surface area contributed by atoms with E-state index < -0.39 is 0 Å². The maximum absolute atomic E-state index is 11.9. The highest BCUT2D eigenvalue weighted by atomic mass is 35.5. The van der Waals surface area contributed by atoms with Gasteiger partial charge in [-0.1, -0.05) is 0 Å². The average Bonchev–Trinajstić information content (AvgIpc) is 2.84. The molecule has 5 heteroatoms. The van der Waals surface area contributed by atoms with Gasteiger partial charge < -0.3 is 14.8 Å². The van der Waals surface area contributed by atoms with Crippen LogP contribution in [0.15, 0.2) is 0 Å². The fourth-order valence-electron chi connectivity index (χ4n) is 2.18. The molecule has 16 heavy (non-hydrogen) atoms. The lowest BCUT2D eigenvalue weighted by Crippen LogP contribution is -2.55. The van der Waals surface area contributed by atoms with Crippen LogP contribution < -0.4 is 5.32 Å². The van der Waals surface area contributed by atoms with Gasteiger partial charge in [-0.2, -0.15) is 0 Å². The molecular weight excluding hydrogens is 230 g/mol. The van der Waals surface area contributed by atoms with Crippen LogP contribution in [-0.4, -0.2) is 43.3 Å². The highest BCUT2D eigenvalue weighted by Crippen LogP contribution is 2.23. The van der Waals surface area contributed by atoms with Crippen LogP contribution in [0.3, 0.4) is 0 Å². The van der Waals surface area contributed by atoms with Gasteiger partial charge in [-0.15, -0.1) is 11.6 Å². The number of nitrogens with one attached hydrogen (secondary N) is 1. The molecule has 4 nitrogen and oxygen atoms in total. The summed E-state index contributed by atoms with van der Waals surface area (Å²) >= 11 is 5.98. The van der Waals surface area contributed by atoms with Crippen LogP contribution in [0.2, 0.25) is 0 Å². The maximum Gasteiger partial charge on any atom is 0.249 e. The van der Waals surface area contributed by atoms with E-state index in [1.54, 1.807) is 0 Å². The molecule has 2 fully saturated rings. The zero-order valence-electron chi connectivity index (χ0n) is 9.34. The van der Waals surface area contributed by atoms with Gasteiger partial charge in [-0.25, -0.2) is 0 Å². The number of ether oxygens (including phenoxy) is 2. The summed E-state index contributed by atoms with van der Waals surface area (Å²) in [5.74, 6) is 0.425. The Morgan fingerprint density at radius 3 is 2.69 bits per heavy atom. The van der Waals surface area contributed by atoms with Gasteiger partial charge in [0, 0.05) is 25.7 Å². The zero-order chi connectivity index (χ0) is 11.4. The van der Waals surface area contributed by atoms with Gasteiger partial charge in [0.2, 0.25) is 5.91 Å². The third-order valence-corrected chi connectivity index (χ3v) is 3.83. The molecule has 1 N–H and O–H groups in total. The smallest absolute Gasteiger partial charge is 0.249 e. The maximum atomic E-state index is 11.9. The summed E-state index contributed by atoms with van der Waals surface area (Å²) < 4.78 is 10.7. The predicted octanol–water partition coefficient (Wildman–Crippen LogP) is 1.07. The molecule has 2 saturated heterocycles. The van der Waals surface area contributed by atoms with E-state index in [1.807, 2.05) is 0 Å². The Morgan fingerprint density at radius 1 is 1.38 bits per heavy atom. The van der Waals surface area contributed by atoms with Crippen LogP contribution in [0, 0.1) is 0 Å². The highest BCUT2D eigenvalue weighted by molar-refractivity contribution is 6.18. The number of rotatable bonds is 3. The van der Waals surface area contributed by atoms with E-state index in [0.717, 1.165) is 25.7 Å². The van der Waals surface area contributed by atoms with Gasteiger partial charge in [-0.3, -0.25) is 4.79 Å². The van der Waals surface area contributed by atoms with E-state index in [4.69, 9.17) is 21.1 Å². The Kier molecular flexibility index (Phi) is 4.05. The minimum Gasteiger partial charge on any atom is -0.381 e. The van der Waals surface area contributed by atoms with Crippen molar-refractivity contribution < 1.29 is 14.3 Å². The first-order chi connectivity index (χ1) is 7.76. The van der Waals surface area contributed by atoms with Crippen LogP contribution >= 0.6 is 11.6 Å². The summed E-state index contributed by atoms with van der Waals surface area (Å²) in [6.07, 6.45) is 3.09. The number of alkyl halides is 1. The van der Waals surface area contributed by atoms with Crippen molar-refractivity contribution in [2.45, 2.75) is 37.3 Å². The van der Waals surface area contributed by atoms with Crippen molar-refractivity contribution in [2.24, 2.45) is 0 Å². The van der Waals surface area contributed by atoms with Gasteiger partial charge in [0.15, 0.2) is 0 Å². The van der Waals surface area contributed by atoms with Gasteiger partial charge in [0.25, 0.3) is 0 Å². The Hall–Kier alpha value is -0.320.